The molecule has 0 aromatic rings. The van der Waals surface area contributed by atoms with Crippen molar-refractivity contribution in [2.24, 2.45) is 0 Å². The Bertz CT molecular complexity index is 179. The zero-order valence-electron chi connectivity index (χ0n) is 9.30. The van der Waals surface area contributed by atoms with Gasteiger partial charge < -0.3 is 15.7 Å². The van der Waals surface area contributed by atoms with Gasteiger partial charge in [0.1, 0.15) is 0 Å². The van der Waals surface area contributed by atoms with E-state index in [0.717, 1.165) is 51.6 Å². The van der Waals surface area contributed by atoms with Crippen LogP contribution in [0.15, 0.2) is 0 Å². The highest BCUT2D eigenvalue weighted by atomic mass is 16.2. The number of aliphatic hydroxyl groups excluding tert-OH is 1. The molecular formula is C11H22N2O2. The maximum atomic E-state index is 11.5. The summed E-state index contributed by atoms with van der Waals surface area (Å²) in [6, 6.07) is 0.0439. The second-order valence-corrected chi connectivity index (χ2v) is 4.08. The maximum Gasteiger partial charge on any atom is 0.237 e. The monoisotopic (exact) mass is 214 g/mol. The Balaban J connectivity index is 1.92. The summed E-state index contributed by atoms with van der Waals surface area (Å²) in [4.78, 5) is 11.5. The van der Waals surface area contributed by atoms with Gasteiger partial charge in [0, 0.05) is 13.2 Å². The summed E-state index contributed by atoms with van der Waals surface area (Å²) in [5.74, 6) is 0.148. The van der Waals surface area contributed by atoms with Gasteiger partial charge in [-0.15, -0.1) is 0 Å². The van der Waals surface area contributed by atoms with Crippen molar-refractivity contribution in [3.05, 3.63) is 0 Å². The molecule has 0 aromatic heterocycles. The Kier molecular flexibility index (Phi) is 6.36. The lowest BCUT2D eigenvalue weighted by molar-refractivity contribution is -0.122. The molecule has 1 saturated heterocycles. The van der Waals surface area contributed by atoms with E-state index in [2.05, 4.69) is 10.6 Å². The molecule has 0 spiro atoms. The molecule has 0 aromatic carbocycles. The van der Waals surface area contributed by atoms with Crippen LogP contribution < -0.4 is 10.6 Å². The van der Waals surface area contributed by atoms with Crippen LogP contribution >= 0.6 is 0 Å². The van der Waals surface area contributed by atoms with Gasteiger partial charge in [-0.05, 0) is 32.2 Å². The quantitative estimate of drug-likeness (QED) is 0.538. The van der Waals surface area contributed by atoms with Crippen LogP contribution in [0.3, 0.4) is 0 Å². The number of nitrogens with one attached hydrogen (secondary N) is 2. The number of carbonyl (C=O) groups is 1. The number of unbranched alkanes of at least 4 members (excludes halogenated alkanes) is 3. The molecule has 15 heavy (non-hydrogen) atoms. The van der Waals surface area contributed by atoms with Crippen LogP contribution in [0.5, 0.6) is 0 Å². The van der Waals surface area contributed by atoms with E-state index in [1.165, 1.54) is 0 Å². The van der Waals surface area contributed by atoms with Gasteiger partial charge in [0.2, 0.25) is 5.91 Å². The normalized spacial score (nSPS) is 20.5. The minimum atomic E-state index is 0.0439. The van der Waals surface area contributed by atoms with Crippen molar-refractivity contribution in [2.75, 3.05) is 19.7 Å². The number of rotatable bonds is 7. The molecule has 1 fully saturated rings. The second-order valence-electron chi connectivity index (χ2n) is 4.08. The lowest BCUT2D eigenvalue weighted by Gasteiger charge is -2.10. The minimum Gasteiger partial charge on any atom is -0.396 e. The largest absolute Gasteiger partial charge is 0.396 e. The number of hydrogen-bond acceptors (Lipinski definition) is 3. The Morgan fingerprint density at radius 3 is 2.80 bits per heavy atom. The van der Waals surface area contributed by atoms with Gasteiger partial charge in [0.25, 0.3) is 0 Å². The van der Waals surface area contributed by atoms with Crippen molar-refractivity contribution in [1.82, 2.24) is 10.6 Å². The fraction of sp³-hybridized carbons (Fsp3) is 0.909. The third-order valence-corrected chi connectivity index (χ3v) is 2.76. The van der Waals surface area contributed by atoms with Gasteiger partial charge in [-0.25, -0.2) is 0 Å². The fourth-order valence-electron chi connectivity index (χ4n) is 1.83. The van der Waals surface area contributed by atoms with Gasteiger partial charge in [-0.3, -0.25) is 4.79 Å². The van der Waals surface area contributed by atoms with E-state index in [9.17, 15) is 4.79 Å². The van der Waals surface area contributed by atoms with Crippen LogP contribution in [0.1, 0.15) is 38.5 Å². The average molecular weight is 214 g/mol. The van der Waals surface area contributed by atoms with E-state index in [-0.39, 0.29) is 18.6 Å². The molecule has 0 saturated carbocycles. The molecule has 1 aliphatic rings. The third-order valence-electron chi connectivity index (χ3n) is 2.76. The number of hydrogen-bond donors (Lipinski definition) is 3. The molecule has 3 N–H and O–H groups in total. The first-order valence-corrected chi connectivity index (χ1v) is 5.96. The van der Waals surface area contributed by atoms with E-state index in [0.29, 0.717) is 0 Å². The summed E-state index contributed by atoms with van der Waals surface area (Å²) in [6.07, 6.45) is 6.09. The smallest absolute Gasteiger partial charge is 0.237 e. The molecule has 4 heteroatoms. The summed E-state index contributed by atoms with van der Waals surface area (Å²) in [6.45, 7) is 2.01. The number of carbonyl (C=O) groups excluding carboxylic acids is 1. The zero-order valence-corrected chi connectivity index (χ0v) is 9.30. The molecular weight excluding hydrogens is 192 g/mol. The Morgan fingerprint density at radius 1 is 1.33 bits per heavy atom. The van der Waals surface area contributed by atoms with E-state index in [4.69, 9.17) is 5.11 Å². The van der Waals surface area contributed by atoms with Crippen LogP contribution in [-0.2, 0) is 4.79 Å². The number of amides is 1. The summed E-state index contributed by atoms with van der Waals surface area (Å²) in [5.41, 5.74) is 0. The lowest BCUT2D eigenvalue weighted by Crippen LogP contribution is -2.40. The molecule has 88 valence electrons. The van der Waals surface area contributed by atoms with E-state index < -0.39 is 0 Å². The third kappa shape index (κ3) is 5.14. The highest BCUT2D eigenvalue weighted by Gasteiger charge is 2.20. The fourth-order valence-corrected chi connectivity index (χ4v) is 1.83. The van der Waals surface area contributed by atoms with Crippen LogP contribution in [0, 0.1) is 0 Å². The molecule has 0 radical (unpaired) electrons. The van der Waals surface area contributed by atoms with Crippen LogP contribution in [0.2, 0.25) is 0 Å². The van der Waals surface area contributed by atoms with Crippen LogP contribution in [-0.4, -0.2) is 36.8 Å². The molecule has 4 nitrogen and oxygen atoms in total. The summed E-state index contributed by atoms with van der Waals surface area (Å²) in [7, 11) is 0. The predicted molar refractivity (Wildman–Crippen MR) is 59.6 cm³/mol. The van der Waals surface area contributed by atoms with Gasteiger partial charge >= 0.3 is 0 Å². The predicted octanol–water partition coefficient (Wildman–Crippen LogP) is 0.407. The molecule has 1 atom stereocenters. The lowest BCUT2D eigenvalue weighted by atomic mass is 10.2. The van der Waals surface area contributed by atoms with Crippen molar-refractivity contribution < 1.29 is 9.90 Å². The maximum absolute atomic E-state index is 11.5. The topological polar surface area (TPSA) is 61.4 Å². The molecule has 1 heterocycles. The van der Waals surface area contributed by atoms with E-state index >= 15 is 0 Å². The Labute approximate surface area is 91.4 Å². The minimum absolute atomic E-state index is 0.0439. The summed E-state index contributed by atoms with van der Waals surface area (Å²) >= 11 is 0. The zero-order chi connectivity index (χ0) is 10.9. The summed E-state index contributed by atoms with van der Waals surface area (Å²) < 4.78 is 0. The highest BCUT2D eigenvalue weighted by molar-refractivity contribution is 5.81. The van der Waals surface area contributed by atoms with Crippen molar-refractivity contribution in [2.45, 2.75) is 44.6 Å². The average Bonchev–Trinajstić information content (AvgIpc) is 2.76. The molecule has 0 bridgehead atoms. The molecule has 1 amide bonds. The second kappa shape index (κ2) is 7.65. The first kappa shape index (κ1) is 12.5. The molecule has 0 unspecified atom stereocenters. The Morgan fingerprint density at radius 2 is 2.13 bits per heavy atom. The standard InChI is InChI=1S/C11H22N2O2/c14-9-4-2-1-3-7-13-11(15)10-6-5-8-12-10/h10,12,14H,1-9H2,(H,13,15)/t10-/m1/s1. The first-order valence-electron chi connectivity index (χ1n) is 5.96. The van der Waals surface area contributed by atoms with Crippen LogP contribution in [0.4, 0.5) is 0 Å². The van der Waals surface area contributed by atoms with Crippen molar-refractivity contribution in [3.8, 4) is 0 Å². The van der Waals surface area contributed by atoms with E-state index in [1.807, 2.05) is 0 Å². The first-order chi connectivity index (χ1) is 7.34. The number of aliphatic hydroxyl groups is 1. The molecule has 1 aliphatic heterocycles. The van der Waals surface area contributed by atoms with Crippen molar-refractivity contribution in [3.63, 3.8) is 0 Å². The van der Waals surface area contributed by atoms with Gasteiger partial charge in [-0.1, -0.05) is 12.8 Å². The van der Waals surface area contributed by atoms with Gasteiger partial charge in [-0.2, -0.15) is 0 Å². The van der Waals surface area contributed by atoms with Gasteiger partial charge in [0.05, 0.1) is 6.04 Å². The van der Waals surface area contributed by atoms with Crippen LogP contribution in [0.25, 0.3) is 0 Å². The van der Waals surface area contributed by atoms with Gasteiger partial charge in [0.15, 0.2) is 0 Å². The summed E-state index contributed by atoms with van der Waals surface area (Å²) in [5, 5.41) is 14.7. The highest BCUT2D eigenvalue weighted by Crippen LogP contribution is 2.04. The van der Waals surface area contributed by atoms with E-state index in [1.54, 1.807) is 0 Å². The van der Waals surface area contributed by atoms with Crippen molar-refractivity contribution in [1.29, 1.82) is 0 Å². The Hall–Kier alpha value is -0.610. The van der Waals surface area contributed by atoms with Crippen molar-refractivity contribution >= 4 is 5.91 Å². The molecule has 0 aliphatic carbocycles. The SMILES string of the molecule is O=C(NCCCCCCO)[C@H]1CCCN1. The molecule has 1 rings (SSSR count).